The maximum absolute atomic E-state index is 12.3. The molecule has 0 atom stereocenters. The lowest BCUT2D eigenvalue weighted by atomic mass is 10.2. The zero-order valence-corrected chi connectivity index (χ0v) is 13.6. The smallest absolute Gasteiger partial charge is 0.198 e. The molecule has 0 aromatic heterocycles. The summed E-state index contributed by atoms with van der Waals surface area (Å²) >= 11 is 1.45. The fraction of sp³-hybridized carbons (Fsp3) is 0.188. The molecule has 0 fully saturated rings. The Labute approximate surface area is 130 Å². The van der Waals surface area contributed by atoms with Gasteiger partial charge in [-0.3, -0.25) is 4.99 Å². The Balaban J connectivity index is 2.24. The minimum Gasteiger partial charge on any atom is -0.261 e. The zero-order valence-electron chi connectivity index (χ0n) is 12.0. The van der Waals surface area contributed by atoms with Crippen molar-refractivity contribution in [3.05, 3.63) is 65.7 Å². The average Bonchev–Trinajstić information content (AvgIpc) is 2.49. The van der Waals surface area contributed by atoms with E-state index >= 15 is 0 Å². The number of rotatable bonds is 4. The van der Waals surface area contributed by atoms with E-state index < -0.39 is 9.84 Å². The van der Waals surface area contributed by atoms with E-state index in [0.717, 1.165) is 16.2 Å². The van der Waals surface area contributed by atoms with E-state index in [9.17, 15) is 8.42 Å². The number of sulfone groups is 1. The van der Waals surface area contributed by atoms with Crippen LogP contribution in [0.1, 0.15) is 11.1 Å². The summed E-state index contributed by atoms with van der Waals surface area (Å²) in [5.41, 5.74) is 1.97. The van der Waals surface area contributed by atoms with Crippen molar-refractivity contribution in [1.29, 1.82) is 0 Å². The summed E-state index contributed by atoms with van der Waals surface area (Å²) in [6.45, 7) is 1.93. The Kier molecular flexibility index (Phi) is 5.20. The zero-order chi connectivity index (χ0) is 15.3. The molecule has 3 nitrogen and oxygen atoms in total. The summed E-state index contributed by atoms with van der Waals surface area (Å²) in [6, 6.07) is 16.4. The van der Waals surface area contributed by atoms with Gasteiger partial charge in [-0.2, -0.15) is 0 Å². The van der Waals surface area contributed by atoms with Gasteiger partial charge in [0.15, 0.2) is 9.84 Å². The molecule has 0 bridgehead atoms. The molecule has 2 aromatic carbocycles. The van der Waals surface area contributed by atoms with Crippen LogP contribution in [0.3, 0.4) is 0 Å². The first kappa shape index (κ1) is 15.8. The highest BCUT2D eigenvalue weighted by Gasteiger charge is 2.14. The summed E-state index contributed by atoms with van der Waals surface area (Å²) in [6.07, 6.45) is 1.89. The molecule has 0 unspecified atom stereocenters. The van der Waals surface area contributed by atoms with Gasteiger partial charge in [-0.05, 0) is 25.3 Å². The van der Waals surface area contributed by atoms with Crippen LogP contribution in [-0.2, 0) is 9.84 Å². The molecule has 0 saturated heterocycles. The molecule has 0 radical (unpaired) electrons. The van der Waals surface area contributed by atoms with Crippen LogP contribution in [-0.4, -0.2) is 25.6 Å². The van der Waals surface area contributed by atoms with Crippen molar-refractivity contribution in [1.82, 2.24) is 0 Å². The van der Waals surface area contributed by atoms with Crippen LogP contribution in [0, 0.1) is 6.92 Å². The van der Waals surface area contributed by atoms with Crippen molar-refractivity contribution < 1.29 is 8.42 Å². The van der Waals surface area contributed by atoms with Gasteiger partial charge in [0.25, 0.3) is 0 Å². The average molecular weight is 319 g/mol. The molecule has 0 aliphatic heterocycles. The number of hydrogen-bond acceptors (Lipinski definition) is 4. The molecule has 2 rings (SSSR count). The van der Waals surface area contributed by atoms with Gasteiger partial charge in [0, 0.05) is 5.56 Å². The Morgan fingerprint density at radius 2 is 1.67 bits per heavy atom. The maximum Gasteiger partial charge on any atom is 0.198 e. The second kappa shape index (κ2) is 6.91. The molecule has 0 amide bonds. The third-order valence-electron chi connectivity index (χ3n) is 2.97. The van der Waals surface area contributed by atoms with Crippen LogP contribution in [0.4, 0.5) is 0 Å². The minimum atomic E-state index is -3.39. The van der Waals surface area contributed by atoms with E-state index in [0.29, 0.717) is 4.90 Å². The standard InChI is InChI=1S/C16H17NO2S2/c1-13-8-10-15(11-9-13)21(18,19)12-17-16(20-2)14-6-4-3-5-7-14/h3-11H,12H2,1-2H3/b17-16+. The highest BCUT2D eigenvalue weighted by Crippen LogP contribution is 2.15. The van der Waals surface area contributed by atoms with Crippen LogP contribution in [0.5, 0.6) is 0 Å². The topological polar surface area (TPSA) is 46.5 Å². The van der Waals surface area contributed by atoms with E-state index in [1.54, 1.807) is 24.3 Å². The van der Waals surface area contributed by atoms with E-state index in [1.807, 2.05) is 43.5 Å². The highest BCUT2D eigenvalue weighted by atomic mass is 32.2. The largest absolute Gasteiger partial charge is 0.261 e. The number of hydrogen-bond donors (Lipinski definition) is 0. The Bertz CT molecular complexity index is 721. The fourth-order valence-corrected chi connectivity index (χ4v) is 3.46. The van der Waals surface area contributed by atoms with Gasteiger partial charge >= 0.3 is 0 Å². The van der Waals surface area contributed by atoms with Crippen LogP contribution in [0.2, 0.25) is 0 Å². The Hall–Kier alpha value is -1.59. The van der Waals surface area contributed by atoms with Crippen LogP contribution in [0.15, 0.2) is 64.5 Å². The minimum absolute atomic E-state index is 0.235. The van der Waals surface area contributed by atoms with Crippen LogP contribution < -0.4 is 0 Å². The van der Waals surface area contributed by atoms with Crippen LogP contribution >= 0.6 is 11.8 Å². The van der Waals surface area contributed by atoms with Crippen molar-refractivity contribution in [2.45, 2.75) is 11.8 Å². The Morgan fingerprint density at radius 1 is 1.05 bits per heavy atom. The summed E-state index contributed by atoms with van der Waals surface area (Å²) in [5, 5.41) is 0.728. The maximum atomic E-state index is 12.3. The third kappa shape index (κ3) is 4.19. The molecule has 0 aliphatic rings. The first-order valence-corrected chi connectivity index (χ1v) is 9.34. The quantitative estimate of drug-likeness (QED) is 0.640. The van der Waals surface area contributed by atoms with Gasteiger partial charge < -0.3 is 0 Å². The van der Waals surface area contributed by atoms with Crippen molar-refractivity contribution in [2.75, 3.05) is 12.1 Å². The van der Waals surface area contributed by atoms with E-state index in [2.05, 4.69) is 4.99 Å². The molecule has 5 heteroatoms. The van der Waals surface area contributed by atoms with E-state index in [-0.39, 0.29) is 5.88 Å². The van der Waals surface area contributed by atoms with Crippen molar-refractivity contribution >= 4 is 26.6 Å². The molecular formula is C16H17NO2S2. The van der Waals surface area contributed by atoms with Crippen molar-refractivity contribution in [3.63, 3.8) is 0 Å². The number of thioether (sulfide) groups is 1. The lowest BCUT2D eigenvalue weighted by Crippen LogP contribution is -2.07. The first-order chi connectivity index (χ1) is 10.0. The second-order valence-electron chi connectivity index (χ2n) is 4.59. The first-order valence-electron chi connectivity index (χ1n) is 6.46. The number of nitrogens with zero attached hydrogens (tertiary/aromatic N) is 1. The van der Waals surface area contributed by atoms with Crippen molar-refractivity contribution in [3.8, 4) is 0 Å². The van der Waals surface area contributed by atoms with Gasteiger partial charge in [-0.25, -0.2) is 8.42 Å². The molecular weight excluding hydrogens is 302 g/mol. The second-order valence-corrected chi connectivity index (χ2v) is 7.34. The molecule has 0 saturated carbocycles. The predicted molar refractivity (Wildman–Crippen MR) is 89.7 cm³/mol. The van der Waals surface area contributed by atoms with Crippen molar-refractivity contribution in [2.24, 2.45) is 4.99 Å². The fourth-order valence-electron chi connectivity index (χ4n) is 1.82. The third-order valence-corrected chi connectivity index (χ3v) is 5.18. The molecule has 0 spiro atoms. The Morgan fingerprint density at radius 3 is 2.24 bits per heavy atom. The van der Waals surface area contributed by atoms with Gasteiger partial charge in [0.1, 0.15) is 5.88 Å². The predicted octanol–water partition coefficient (Wildman–Crippen LogP) is 3.54. The molecule has 110 valence electrons. The number of aliphatic imine (C=N–C) groups is 1. The monoisotopic (exact) mass is 319 g/mol. The summed E-state index contributed by atoms with van der Waals surface area (Å²) in [5.74, 6) is -0.235. The number of aryl methyl sites for hydroxylation is 1. The molecule has 2 aromatic rings. The van der Waals surface area contributed by atoms with Gasteiger partial charge in [0.05, 0.1) is 9.94 Å². The summed E-state index contributed by atoms with van der Waals surface area (Å²) < 4.78 is 24.6. The molecule has 0 aliphatic carbocycles. The summed E-state index contributed by atoms with van der Waals surface area (Å²) in [7, 11) is -3.39. The van der Waals surface area contributed by atoms with E-state index in [4.69, 9.17) is 0 Å². The summed E-state index contributed by atoms with van der Waals surface area (Å²) in [4.78, 5) is 4.59. The lowest BCUT2D eigenvalue weighted by Gasteiger charge is -2.05. The highest BCUT2D eigenvalue weighted by molar-refractivity contribution is 8.13. The lowest BCUT2D eigenvalue weighted by molar-refractivity contribution is 0.596. The molecule has 21 heavy (non-hydrogen) atoms. The normalized spacial score (nSPS) is 12.4. The van der Waals surface area contributed by atoms with Crippen LogP contribution in [0.25, 0.3) is 0 Å². The van der Waals surface area contributed by atoms with Gasteiger partial charge in [0.2, 0.25) is 0 Å². The van der Waals surface area contributed by atoms with Gasteiger partial charge in [-0.15, -0.1) is 11.8 Å². The number of benzene rings is 2. The SMILES string of the molecule is CS/C(=N/CS(=O)(=O)c1ccc(C)cc1)c1ccccc1. The molecule has 0 N–H and O–H groups in total. The van der Waals surface area contributed by atoms with Gasteiger partial charge in [-0.1, -0.05) is 48.0 Å². The molecule has 0 heterocycles. The van der Waals surface area contributed by atoms with E-state index in [1.165, 1.54) is 11.8 Å².